The number of nitrogens with zero attached hydrogens (tertiary/aromatic N) is 4. The summed E-state index contributed by atoms with van der Waals surface area (Å²) in [5, 5.41) is 17.0. The number of hydrazine groups is 2. The maximum Gasteiger partial charge on any atom is 0.332 e. The van der Waals surface area contributed by atoms with Crippen molar-refractivity contribution in [1.29, 1.82) is 0 Å². The zero-order valence-electron chi connectivity index (χ0n) is 37.7. The molecule has 0 spiro atoms. The standard InChI is InChI=1S/C8H15N3O.C8H12N2O.C8H18N2O.C7H11N3O.C6H15N3O.C2H6/c1-7(2)10-8(12)11-6-4-3-5-9-11;1-6(2)10-8(11)7-4-3-5-9-7;1-6(2)9-8(11)7(3)10(4)5;1-5(2)10-7(11)6-8-3-4-9-6;1-5(2)7-6(10)8-9(3)4;1-2/h3-4,7,9H,5-6H2,1-2H3,(H,10,12);3-6,9H,1-2H3,(H,10,11);6-7H,1-5H3,(H,9,11);3-5H,1-2H3,(H,8,9)(H,10,11);5H,1-4H3,(H2,7,8,10);1-2H3. The van der Waals surface area contributed by atoms with Crippen LogP contribution < -0.4 is 37.4 Å². The Hall–Kier alpha value is -4.94. The van der Waals surface area contributed by atoms with Gasteiger partial charge in [-0.1, -0.05) is 26.0 Å². The van der Waals surface area contributed by atoms with E-state index in [9.17, 15) is 24.0 Å². The van der Waals surface area contributed by atoms with E-state index in [0.29, 0.717) is 18.1 Å². The molecule has 57 heavy (non-hydrogen) atoms. The molecular weight excluding hydrogens is 731 g/mol. The number of carbonyl (C=O) groups excluding carboxylic acids is 5. The van der Waals surface area contributed by atoms with Crippen LogP contribution in [0.1, 0.15) is 111 Å². The molecule has 1 aliphatic rings. The minimum absolute atomic E-state index is 0.0441. The third kappa shape index (κ3) is 33.0. The number of amides is 7. The Morgan fingerprint density at radius 1 is 0.684 bits per heavy atom. The first kappa shape index (κ1) is 56.4. The van der Waals surface area contributed by atoms with Crippen LogP contribution in [0.3, 0.4) is 0 Å². The number of urea groups is 2. The van der Waals surface area contributed by atoms with Gasteiger partial charge in [-0.15, -0.1) is 0 Å². The predicted octanol–water partition coefficient (Wildman–Crippen LogP) is 3.84. The third-order valence-corrected chi connectivity index (χ3v) is 6.24. The van der Waals surface area contributed by atoms with Gasteiger partial charge in [-0.2, -0.15) is 0 Å². The van der Waals surface area contributed by atoms with E-state index in [2.05, 4.69) is 52.4 Å². The number of hydrogen-bond donors (Lipinski definition) is 9. The molecule has 9 N–H and O–H groups in total. The molecule has 0 radical (unpaired) electrons. The lowest BCUT2D eigenvalue weighted by atomic mass is 10.2. The van der Waals surface area contributed by atoms with Gasteiger partial charge in [0.1, 0.15) is 5.69 Å². The fourth-order valence-electron chi connectivity index (χ4n) is 3.64. The van der Waals surface area contributed by atoms with E-state index in [4.69, 9.17) is 0 Å². The number of rotatable bonds is 10. The molecular formula is C39H77N13O5. The highest BCUT2D eigenvalue weighted by molar-refractivity contribution is 5.92. The second-order valence-corrected chi connectivity index (χ2v) is 14.3. The molecule has 0 bridgehead atoms. The fraction of sp³-hybridized carbons (Fsp3) is 0.641. The summed E-state index contributed by atoms with van der Waals surface area (Å²) in [6.07, 6.45) is 8.87. The molecule has 1 atom stereocenters. The molecule has 3 heterocycles. The summed E-state index contributed by atoms with van der Waals surface area (Å²) in [5.74, 6) is 0.235. The average Bonchev–Trinajstić information content (AvgIpc) is 3.85. The number of imidazole rings is 1. The Bertz CT molecular complexity index is 1290. The van der Waals surface area contributed by atoms with Crippen molar-refractivity contribution in [3.8, 4) is 0 Å². The second kappa shape index (κ2) is 33.2. The molecule has 2 aromatic heterocycles. The minimum Gasteiger partial charge on any atom is -0.357 e. The highest BCUT2D eigenvalue weighted by atomic mass is 16.2. The minimum atomic E-state index is -0.167. The first-order valence-electron chi connectivity index (χ1n) is 19.5. The van der Waals surface area contributed by atoms with Crippen molar-refractivity contribution < 1.29 is 24.0 Å². The van der Waals surface area contributed by atoms with Crippen LogP contribution in [0.4, 0.5) is 9.59 Å². The fourth-order valence-corrected chi connectivity index (χ4v) is 3.64. The van der Waals surface area contributed by atoms with Crippen LogP contribution in [0.5, 0.6) is 0 Å². The normalized spacial score (nSPS) is 12.0. The van der Waals surface area contributed by atoms with Crippen LogP contribution in [0, 0.1) is 0 Å². The van der Waals surface area contributed by atoms with Crippen LogP contribution in [0.25, 0.3) is 0 Å². The molecule has 1 unspecified atom stereocenters. The molecule has 0 aliphatic carbocycles. The summed E-state index contributed by atoms with van der Waals surface area (Å²) in [4.78, 5) is 66.9. The summed E-state index contributed by atoms with van der Waals surface area (Å²) in [6, 6.07) is 4.20. The van der Waals surface area contributed by atoms with Crippen molar-refractivity contribution in [2.45, 2.75) is 126 Å². The largest absolute Gasteiger partial charge is 0.357 e. The molecule has 0 aromatic carbocycles. The maximum atomic E-state index is 11.3. The summed E-state index contributed by atoms with van der Waals surface area (Å²) in [6.45, 7) is 26.5. The van der Waals surface area contributed by atoms with Gasteiger partial charge in [-0.25, -0.2) is 25.0 Å². The zero-order chi connectivity index (χ0) is 44.7. The number of aromatic nitrogens is 3. The van der Waals surface area contributed by atoms with Gasteiger partial charge in [-0.3, -0.25) is 29.7 Å². The first-order valence-corrected chi connectivity index (χ1v) is 19.5. The van der Waals surface area contributed by atoms with E-state index >= 15 is 0 Å². The molecule has 2 aromatic rings. The van der Waals surface area contributed by atoms with Crippen molar-refractivity contribution in [2.24, 2.45) is 0 Å². The lowest BCUT2D eigenvalue weighted by molar-refractivity contribution is -0.125. The number of carbonyl (C=O) groups is 5. The van der Waals surface area contributed by atoms with Crippen molar-refractivity contribution >= 4 is 29.8 Å². The smallest absolute Gasteiger partial charge is 0.332 e. The number of H-pyrrole nitrogens is 2. The van der Waals surface area contributed by atoms with Crippen LogP contribution in [-0.4, -0.2) is 137 Å². The van der Waals surface area contributed by atoms with E-state index in [1.807, 2.05) is 121 Å². The highest BCUT2D eigenvalue weighted by Crippen LogP contribution is 1.95. The molecule has 0 fully saturated rings. The number of hydrogen-bond acceptors (Lipinski definition) is 9. The van der Waals surface area contributed by atoms with Gasteiger partial charge >= 0.3 is 12.1 Å². The number of likely N-dealkylation sites (N-methyl/N-ethyl adjacent to an activating group) is 1. The van der Waals surface area contributed by atoms with Crippen LogP contribution in [0.2, 0.25) is 0 Å². The molecule has 18 nitrogen and oxygen atoms in total. The maximum absolute atomic E-state index is 11.3. The van der Waals surface area contributed by atoms with E-state index in [1.54, 1.807) is 54.8 Å². The van der Waals surface area contributed by atoms with Crippen molar-refractivity contribution in [3.05, 3.63) is 54.4 Å². The van der Waals surface area contributed by atoms with Crippen molar-refractivity contribution in [2.75, 3.05) is 41.3 Å². The van der Waals surface area contributed by atoms with Crippen LogP contribution in [-0.2, 0) is 4.79 Å². The predicted molar refractivity (Wildman–Crippen MR) is 230 cm³/mol. The second-order valence-electron chi connectivity index (χ2n) is 14.3. The Kier molecular flexibility index (Phi) is 32.9. The van der Waals surface area contributed by atoms with Crippen molar-refractivity contribution in [3.63, 3.8) is 0 Å². The van der Waals surface area contributed by atoms with Gasteiger partial charge < -0.3 is 36.6 Å². The lowest BCUT2D eigenvalue weighted by Crippen LogP contribution is -2.51. The monoisotopic (exact) mass is 808 g/mol. The van der Waals surface area contributed by atoms with Gasteiger partial charge in [-0.05, 0) is 102 Å². The van der Waals surface area contributed by atoms with E-state index in [0.717, 1.165) is 6.54 Å². The molecule has 328 valence electrons. The lowest BCUT2D eigenvalue weighted by Gasteiger charge is -2.25. The highest BCUT2D eigenvalue weighted by Gasteiger charge is 2.15. The van der Waals surface area contributed by atoms with Gasteiger partial charge in [0.05, 0.1) is 12.6 Å². The summed E-state index contributed by atoms with van der Waals surface area (Å²) >= 11 is 0. The number of aromatic amines is 2. The average molecular weight is 808 g/mol. The Morgan fingerprint density at radius 3 is 1.60 bits per heavy atom. The Labute approximate surface area is 342 Å². The van der Waals surface area contributed by atoms with Gasteiger partial charge in [0, 0.05) is 69.4 Å². The Morgan fingerprint density at radius 2 is 1.21 bits per heavy atom. The third-order valence-electron chi connectivity index (χ3n) is 6.24. The van der Waals surface area contributed by atoms with E-state index in [-0.39, 0.29) is 66.0 Å². The molecule has 0 saturated heterocycles. The molecule has 3 rings (SSSR count). The summed E-state index contributed by atoms with van der Waals surface area (Å²) in [7, 11) is 7.31. The van der Waals surface area contributed by atoms with Crippen molar-refractivity contribution in [1.82, 2.24) is 67.3 Å². The number of nitrogens with one attached hydrogen (secondary N) is 9. The molecule has 7 amide bonds. The molecule has 0 saturated carbocycles. The Balaban J connectivity index is -0.000000633. The van der Waals surface area contributed by atoms with Crippen LogP contribution in [0.15, 0.2) is 42.9 Å². The first-order chi connectivity index (χ1) is 26.6. The van der Waals surface area contributed by atoms with Gasteiger partial charge in [0.2, 0.25) is 5.91 Å². The topological polar surface area (TPSA) is 224 Å². The van der Waals surface area contributed by atoms with E-state index < -0.39 is 0 Å². The van der Waals surface area contributed by atoms with Gasteiger partial charge in [0.15, 0.2) is 5.82 Å². The van der Waals surface area contributed by atoms with E-state index in [1.165, 1.54) is 0 Å². The quantitative estimate of drug-likeness (QED) is 0.126. The SMILES string of the molecule is CC.CC(C)NC(=O)C(C)N(C)C.CC(C)NC(=O)N1CC=CCN1.CC(C)NC(=O)NN(C)C.CC(C)NC(=O)c1ccc[nH]1.CC(C)NC(=O)c1ncc[nH]1. The summed E-state index contributed by atoms with van der Waals surface area (Å²) in [5.41, 5.74) is 6.13. The summed E-state index contributed by atoms with van der Waals surface area (Å²) < 4.78 is 0. The zero-order valence-corrected chi connectivity index (χ0v) is 37.7. The van der Waals surface area contributed by atoms with Crippen LogP contribution >= 0.6 is 0 Å². The molecule has 18 heteroatoms. The van der Waals surface area contributed by atoms with Gasteiger partial charge in [0.25, 0.3) is 11.8 Å². The molecule has 1 aliphatic heterocycles.